The minimum Gasteiger partial charge on any atom is -0.287 e. The molecule has 26 heavy (non-hydrogen) atoms. The number of allylic oxidation sites excluding steroid dienone is 2. The molecular weight excluding hydrogens is 431 g/mol. The Balaban J connectivity index is 1.77. The molecule has 2 aromatic rings. The van der Waals surface area contributed by atoms with Gasteiger partial charge in [-0.1, -0.05) is 89.0 Å². The fraction of sp³-hybridized carbons (Fsp3) is 0. The molecule has 0 saturated carbocycles. The van der Waals surface area contributed by atoms with E-state index in [-0.39, 0.29) is 5.91 Å². The first-order chi connectivity index (χ1) is 12.5. The van der Waals surface area contributed by atoms with Gasteiger partial charge in [0.15, 0.2) is 4.32 Å². The van der Waals surface area contributed by atoms with Gasteiger partial charge in [-0.3, -0.25) is 10.2 Å². The number of thioether (sulfide) groups is 1. The van der Waals surface area contributed by atoms with Crippen molar-refractivity contribution in [3.05, 3.63) is 80.2 Å². The first kappa shape index (κ1) is 19.3. The molecule has 0 aliphatic carbocycles. The van der Waals surface area contributed by atoms with Crippen molar-refractivity contribution in [3.8, 4) is 0 Å². The summed E-state index contributed by atoms with van der Waals surface area (Å²) in [6.07, 6.45) is 5.44. The fourth-order valence-corrected chi connectivity index (χ4v) is 4.18. The summed E-state index contributed by atoms with van der Waals surface area (Å²) in [5.41, 5.74) is 4.29. The molecule has 0 aromatic heterocycles. The van der Waals surface area contributed by atoms with Gasteiger partial charge >= 0.3 is 0 Å². The zero-order valence-corrected chi connectivity index (χ0v) is 17.0. The van der Waals surface area contributed by atoms with Crippen LogP contribution in [-0.2, 0) is 4.79 Å². The molecule has 1 N–H and O–H groups in total. The summed E-state index contributed by atoms with van der Waals surface area (Å²) in [5.74, 6) is -0.278. The standard InChI is InChI=1S/C18H11Cl3N2OS2/c19-12-9-13(20)16(14(21)10-12)22-23-17(24)15(26-18(23)25)8-4-7-11-5-2-1-3-6-11/h1-10,22H/b7-4-,15-8+. The Bertz CT molecular complexity index is 906. The van der Waals surface area contributed by atoms with E-state index >= 15 is 0 Å². The molecule has 0 bridgehead atoms. The molecule has 1 amide bonds. The number of hydrogen-bond donors (Lipinski definition) is 1. The molecule has 0 atom stereocenters. The zero-order chi connectivity index (χ0) is 18.7. The van der Waals surface area contributed by atoms with E-state index in [1.165, 1.54) is 28.9 Å². The van der Waals surface area contributed by atoms with Gasteiger partial charge in [-0.25, -0.2) is 5.01 Å². The normalized spacial score (nSPS) is 16.1. The maximum atomic E-state index is 12.6. The monoisotopic (exact) mass is 440 g/mol. The van der Waals surface area contributed by atoms with Crippen LogP contribution < -0.4 is 5.43 Å². The van der Waals surface area contributed by atoms with Gasteiger partial charge < -0.3 is 0 Å². The summed E-state index contributed by atoms with van der Waals surface area (Å²) in [5, 5.41) is 2.24. The third-order valence-electron chi connectivity index (χ3n) is 3.36. The Morgan fingerprint density at radius 2 is 1.73 bits per heavy atom. The summed E-state index contributed by atoms with van der Waals surface area (Å²) in [7, 11) is 0. The van der Waals surface area contributed by atoms with Crippen molar-refractivity contribution in [2.75, 3.05) is 5.43 Å². The van der Waals surface area contributed by atoms with Gasteiger partial charge in [0.05, 0.1) is 20.6 Å². The molecule has 0 radical (unpaired) electrons. The lowest BCUT2D eigenvalue weighted by Crippen LogP contribution is -2.34. The van der Waals surface area contributed by atoms with E-state index in [1.807, 2.05) is 42.5 Å². The van der Waals surface area contributed by atoms with E-state index in [0.717, 1.165) is 5.56 Å². The first-order valence-electron chi connectivity index (χ1n) is 7.36. The predicted molar refractivity (Wildman–Crippen MR) is 116 cm³/mol. The lowest BCUT2D eigenvalue weighted by atomic mass is 10.2. The predicted octanol–water partition coefficient (Wildman–Crippen LogP) is 6.43. The van der Waals surface area contributed by atoms with Crippen molar-refractivity contribution in [1.29, 1.82) is 0 Å². The van der Waals surface area contributed by atoms with Crippen molar-refractivity contribution in [1.82, 2.24) is 5.01 Å². The minimum absolute atomic E-state index is 0.278. The summed E-state index contributed by atoms with van der Waals surface area (Å²) >= 11 is 24.7. The molecule has 0 unspecified atom stereocenters. The first-order valence-corrected chi connectivity index (χ1v) is 9.72. The van der Waals surface area contributed by atoms with Gasteiger partial charge in [-0.15, -0.1) is 0 Å². The lowest BCUT2D eigenvalue weighted by Gasteiger charge is -2.19. The molecule has 2 aromatic carbocycles. The average molecular weight is 442 g/mol. The largest absolute Gasteiger partial charge is 0.287 e. The van der Waals surface area contributed by atoms with E-state index < -0.39 is 0 Å². The second-order valence-electron chi connectivity index (χ2n) is 5.17. The van der Waals surface area contributed by atoms with Crippen LogP contribution in [-0.4, -0.2) is 15.2 Å². The van der Waals surface area contributed by atoms with E-state index in [1.54, 1.807) is 6.08 Å². The number of hydrogen-bond acceptors (Lipinski definition) is 4. The zero-order valence-electron chi connectivity index (χ0n) is 13.1. The topological polar surface area (TPSA) is 32.3 Å². The summed E-state index contributed by atoms with van der Waals surface area (Å²) in [6.45, 7) is 0. The van der Waals surface area contributed by atoms with Gasteiger partial charge in [0.1, 0.15) is 0 Å². The highest BCUT2D eigenvalue weighted by atomic mass is 35.5. The van der Waals surface area contributed by atoms with Gasteiger partial charge in [0.25, 0.3) is 5.91 Å². The molecule has 8 heteroatoms. The summed E-state index contributed by atoms with van der Waals surface area (Å²) < 4.78 is 0.358. The fourth-order valence-electron chi connectivity index (χ4n) is 2.15. The highest BCUT2D eigenvalue weighted by Crippen LogP contribution is 2.37. The second kappa shape index (κ2) is 8.46. The molecule has 3 nitrogen and oxygen atoms in total. The van der Waals surface area contributed by atoms with Crippen LogP contribution in [0, 0.1) is 0 Å². The van der Waals surface area contributed by atoms with Crippen LogP contribution in [0.25, 0.3) is 6.08 Å². The number of nitrogens with zero attached hydrogens (tertiary/aromatic N) is 1. The van der Waals surface area contributed by atoms with Crippen LogP contribution in [0.15, 0.2) is 59.5 Å². The van der Waals surface area contributed by atoms with Crippen LogP contribution in [0.5, 0.6) is 0 Å². The molecule has 3 rings (SSSR count). The van der Waals surface area contributed by atoms with Gasteiger partial charge in [-0.2, -0.15) is 0 Å². The average Bonchev–Trinajstić information content (AvgIpc) is 2.86. The van der Waals surface area contributed by atoms with Crippen molar-refractivity contribution in [2.24, 2.45) is 0 Å². The molecular formula is C18H11Cl3N2OS2. The Morgan fingerprint density at radius 3 is 2.38 bits per heavy atom. The molecule has 1 saturated heterocycles. The Hall–Kier alpha value is -1.50. The molecule has 1 heterocycles. The van der Waals surface area contributed by atoms with E-state index in [4.69, 9.17) is 47.0 Å². The van der Waals surface area contributed by atoms with Gasteiger partial charge in [0, 0.05) is 5.02 Å². The van der Waals surface area contributed by atoms with Crippen molar-refractivity contribution in [2.45, 2.75) is 0 Å². The van der Waals surface area contributed by atoms with Crippen LogP contribution in [0.2, 0.25) is 15.1 Å². The van der Waals surface area contributed by atoms with Crippen molar-refractivity contribution < 1.29 is 4.79 Å². The Labute approximate surface area is 175 Å². The SMILES string of the molecule is O=C1/C(=C\C=C/c2ccccc2)SC(=S)N1Nc1c(Cl)cc(Cl)cc1Cl. The molecule has 1 aliphatic rings. The number of halogens is 3. The van der Waals surface area contributed by atoms with Crippen molar-refractivity contribution in [3.63, 3.8) is 0 Å². The highest BCUT2D eigenvalue weighted by molar-refractivity contribution is 8.26. The lowest BCUT2D eigenvalue weighted by molar-refractivity contribution is -0.121. The Morgan fingerprint density at radius 1 is 1.08 bits per heavy atom. The third kappa shape index (κ3) is 4.42. The van der Waals surface area contributed by atoms with Crippen LogP contribution in [0.4, 0.5) is 5.69 Å². The molecule has 132 valence electrons. The number of rotatable bonds is 4. The molecule has 1 aliphatic heterocycles. The number of benzene rings is 2. The number of nitrogens with one attached hydrogen (secondary N) is 1. The van der Waals surface area contributed by atoms with Crippen LogP contribution >= 0.6 is 58.8 Å². The molecule has 0 spiro atoms. The Kier molecular flexibility index (Phi) is 6.27. The number of hydrazine groups is 1. The number of thiocarbonyl (C=S) groups is 1. The van der Waals surface area contributed by atoms with E-state index in [9.17, 15) is 4.79 Å². The van der Waals surface area contributed by atoms with Gasteiger partial charge in [-0.05, 0) is 36.0 Å². The van der Waals surface area contributed by atoms with Crippen LogP contribution in [0.1, 0.15) is 5.56 Å². The maximum Gasteiger partial charge on any atom is 0.285 e. The van der Waals surface area contributed by atoms with Gasteiger partial charge in [0.2, 0.25) is 0 Å². The summed E-state index contributed by atoms with van der Waals surface area (Å²) in [6, 6.07) is 12.9. The second-order valence-corrected chi connectivity index (χ2v) is 8.09. The highest BCUT2D eigenvalue weighted by Gasteiger charge is 2.32. The smallest absolute Gasteiger partial charge is 0.285 e. The maximum absolute atomic E-state index is 12.6. The molecule has 1 fully saturated rings. The quantitative estimate of drug-likeness (QED) is 0.437. The third-order valence-corrected chi connectivity index (χ3v) is 5.49. The number of carbonyl (C=O) groups is 1. The minimum atomic E-state index is -0.278. The number of amides is 1. The van der Waals surface area contributed by atoms with E-state index in [2.05, 4.69) is 5.43 Å². The number of carbonyl (C=O) groups excluding carboxylic acids is 1. The summed E-state index contributed by atoms with van der Waals surface area (Å²) in [4.78, 5) is 13.1. The van der Waals surface area contributed by atoms with Crippen LogP contribution in [0.3, 0.4) is 0 Å². The number of anilines is 1. The van der Waals surface area contributed by atoms with E-state index in [0.29, 0.717) is 30.0 Å². The van der Waals surface area contributed by atoms with Crippen molar-refractivity contribution >= 4 is 80.8 Å².